The highest BCUT2D eigenvalue weighted by molar-refractivity contribution is 5.97. The molecule has 0 aromatic heterocycles. The van der Waals surface area contributed by atoms with Gasteiger partial charge >= 0.3 is 6.18 Å². The number of amides is 1. The van der Waals surface area contributed by atoms with E-state index in [-0.39, 0.29) is 18.6 Å². The number of aliphatic imine (C=N–C) groups is 1. The first-order valence-electron chi connectivity index (χ1n) is 8.94. The molecule has 150 valence electrons. The quantitative estimate of drug-likeness (QED) is 0.409. The van der Waals surface area contributed by atoms with Gasteiger partial charge in [-0.3, -0.25) is 9.79 Å². The molecule has 2 rings (SSSR count). The molecule has 1 unspecified atom stereocenters. The highest BCUT2D eigenvalue weighted by atomic mass is 19.4. The minimum Gasteiger partial charge on any atom is -0.372 e. The number of hydrogen-bond donors (Lipinski definition) is 2. The maximum atomic E-state index is 12.3. The first kappa shape index (κ1) is 21.0. The molecule has 9 heteroatoms. The van der Waals surface area contributed by atoms with Crippen LogP contribution >= 0.6 is 0 Å². The van der Waals surface area contributed by atoms with E-state index in [1.54, 1.807) is 4.90 Å². The van der Waals surface area contributed by atoms with E-state index in [1.165, 1.54) is 0 Å². The number of ether oxygens (including phenoxy) is 1. The molecule has 0 radical (unpaired) electrons. The van der Waals surface area contributed by atoms with Crippen molar-refractivity contribution in [2.24, 2.45) is 4.99 Å². The molecule has 1 aromatic rings. The van der Waals surface area contributed by atoms with E-state index in [1.807, 2.05) is 37.3 Å². The van der Waals surface area contributed by atoms with Crippen LogP contribution in [0.1, 0.15) is 19.8 Å². The lowest BCUT2D eigenvalue weighted by atomic mass is 10.2. The highest BCUT2D eigenvalue weighted by Gasteiger charge is 2.31. The van der Waals surface area contributed by atoms with E-state index in [0.29, 0.717) is 38.4 Å². The van der Waals surface area contributed by atoms with Gasteiger partial charge in [-0.15, -0.1) is 0 Å². The Bertz CT molecular complexity index is 623. The number of alkyl halides is 3. The molecule has 1 saturated heterocycles. The third kappa shape index (κ3) is 7.46. The number of nitrogens with one attached hydrogen (secondary N) is 2. The van der Waals surface area contributed by atoms with Crippen molar-refractivity contribution in [3.8, 4) is 0 Å². The average Bonchev–Trinajstić information content (AvgIpc) is 2.98. The van der Waals surface area contributed by atoms with Crippen LogP contribution in [-0.4, -0.2) is 56.9 Å². The Hall–Kier alpha value is -2.29. The standard InChI is InChI=1S/C18H25F3N4O2/c1-2-22-17(23-9-6-10-27-13-18(19,20)21)24-14-11-16(26)25(12-14)15-7-4-3-5-8-15/h3-5,7-8,14H,2,6,9-13H2,1H3,(H2,22,23,24). The zero-order valence-corrected chi connectivity index (χ0v) is 15.3. The fraction of sp³-hybridized carbons (Fsp3) is 0.556. The molecule has 0 aliphatic carbocycles. The van der Waals surface area contributed by atoms with Gasteiger partial charge in [0.05, 0.1) is 6.04 Å². The van der Waals surface area contributed by atoms with Crippen molar-refractivity contribution in [2.75, 3.05) is 37.7 Å². The van der Waals surface area contributed by atoms with Gasteiger partial charge in [-0.25, -0.2) is 0 Å². The van der Waals surface area contributed by atoms with Gasteiger partial charge in [0.15, 0.2) is 5.96 Å². The van der Waals surface area contributed by atoms with E-state index in [9.17, 15) is 18.0 Å². The molecule has 1 amide bonds. The lowest BCUT2D eigenvalue weighted by Gasteiger charge is -2.19. The van der Waals surface area contributed by atoms with Crippen LogP contribution in [0.25, 0.3) is 0 Å². The monoisotopic (exact) mass is 386 g/mol. The fourth-order valence-corrected chi connectivity index (χ4v) is 2.72. The Labute approximate surface area is 156 Å². The number of nitrogens with zero attached hydrogens (tertiary/aromatic N) is 2. The number of rotatable bonds is 8. The van der Waals surface area contributed by atoms with Crippen LogP contribution in [0.2, 0.25) is 0 Å². The molecule has 1 atom stereocenters. The molecule has 1 aromatic carbocycles. The van der Waals surface area contributed by atoms with Crippen molar-refractivity contribution in [2.45, 2.75) is 32.0 Å². The average molecular weight is 386 g/mol. The maximum Gasteiger partial charge on any atom is 0.411 e. The summed E-state index contributed by atoms with van der Waals surface area (Å²) in [7, 11) is 0. The van der Waals surface area contributed by atoms with Crippen LogP contribution in [0, 0.1) is 0 Å². The molecule has 2 N–H and O–H groups in total. The zero-order valence-electron chi connectivity index (χ0n) is 15.3. The Kier molecular flexibility index (Phi) is 7.90. The number of anilines is 1. The van der Waals surface area contributed by atoms with E-state index >= 15 is 0 Å². The summed E-state index contributed by atoms with van der Waals surface area (Å²) < 4.78 is 40.6. The van der Waals surface area contributed by atoms with Crippen LogP contribution in [0.5, 0.6) is 0 Å². The summed E-state index contributed by atoms with van der Waals surface area (Å²) in [6.45, 7) is 2.16. The summed E-state index contributed by atoms with van der Waals surface area (Å²) >= 11 is 0. The summed E-state index contributed by atoms with van der Waals surface area (Å²) in [5.74, 6) is 0.580. The lowest BCUT2D eigenvalue weighted by molar-refractivity contribution is -0.173. The number of carbonyl (C=O) groups is 1. The second kappa shape index (κ2) is 10.1. The van der Waals surface area contributed by atoms with E-state index < -0.39 is 12.8 Å². The number of halogens is 3. The molecule has 0 saturated carbocycles. The number of benzene rings is 1. The van der Waals surface area contributed by atoms with Gasteiger partial charge in [0.2, 0.25) is 5.91 Å². The fourth-order valence-electron chi connectivity index (χ4n) is 2.72. The molecule has 1 aliphatic rings. The number of carbonyl (C=O) groups excluding carboxylic acids is 1. The molecule has 1 heterocycles. The summed E-state index contributed by atoms with van der Waals surface area (Å²) in [4.78, 5) is 18.3. The number of guanidine groups is 1. The molecule has 1 fully saturated rings. The first-order chi connectivity index (χ1) is 12.9. The predicted molar refractivity (Wildman–Crippen MR) is 97.8 cm³/mol. The van der Waals surface area contributed by atoms with Crippen molar-refractivity contribution in [3.63, 3.8) is 0 Å². The van der Waals surface area contributed by atoms with E-state index in [4.69, 9.17) is 0 Å². The van der Waals surface area contributed by atoms with Crippen molar-refractivity contribution in [3.05, 3.63) is 30.3 Å². The smallest absolute Gasteiger partial charge is 0.372 e. The summed E-state index contributed by atoms with van der Waals surface area (Å²) in [5.41, 5.74) is 0.857. The molecule has 1 aliphatic heterocycles. The second-order valence-electron chi connectivity index (χ2n) is 6.17. The SMILES string of the molecule is CCNC(=NCCCOCC(F)(F)F)NC1CC(=O)N(c2ccccc2)C1. The topological polar surface area (TPSA) is 66.0 Å². The molecule has 0 spiro atoms. The number of hydrogen-bond acceptors (Lipinski definition) is 3. The third-order valence-electron chi connectivity index (χ3n) is 3.86. The largest absolute Gasteiger partial charge is 0.411 e. The highest BCUT2D eigenvalue weighted by Crippen LogP contribution is 2.21. The Morgan fingerprint density at radius 1 is 1.33 bits per heavy atom. The molecule has 6 nitrogen and oxygen atoms in total. The Morgan fingerprint density at radius 3 is 2.74 bits per heavy atom. The van der Waals surface area contributed by atoms with Crippen LogP contribution in [-0.2, 0) is 9.53 Å². The lowest BCUT2D eigenvalue weighted by Crippen LogP contribution is -2.44. The van der Waals surface area contributed by atoms with E-state index in [2.05, 4.69) is 20.4 Å². The van der Waals surface area contributed by atoms with Crippen LogP contribution in [0.3, 0.4) is 0 Å². The van der Waals surface area contributed by atoms with Crippen molar-refractivity contribution < 1.29 is 22.7 Å². The molecular weight excluding hydrogens is 361 g/mol. The van der Waals surface area contributed by atoms with Crippen molar-refractivity contribution in [1.29, 1.82) is 0 Å². The van der Waals surface area contributed by atoms with Gasteiger partial charge in [-0.2, -0.15) is 13.2 Å². The predicted octanol–water partition coefficient (Wildman–Crippen LogP) is 2.32. The number of para-hydroxylation sites is 1. The van der Waals surface area contributed by atoms with Crippen LogP contribution in [0.15, 0.2) is 35.3 Å². The van der Waals surface area contributed by atoms with E-state index in [0.717, 1.165) is 5.69 Å². The third-order valence-corrected chi connectivity index (χ3v) is 3.86. The van der Waals surface area contributed by atoms with Gasteiger partial charge in [0.25, 0.3) is 0 Å². The summed E-state index contributed by atoms with van der Waals surface area (Å²) in [5, 5.41) is 6.30. The summed E-state index contributed by atoms with van der Waals surface area (Å²) in [6.07, 6.45) is -3.57. The van der Waals surface area contributed by atoms with Crippen LogP contribution in [0.4, 0.5) is 18.9 Å². The minimum absolute atomic E-state index is 0.00782. The molecule has 27 heavy (non-hydrogen) atoms. The van der Waals surface area contributed by atoms with Crippen LogP contribution < -0.4 is 15.5 Å². The van der Waals surface area contributed by atoms with Gasteiger partial charge in [0.1, 0.15) is 6.61 Å². The van der Waals surface area contributed by atoms with Crippen molar-refractivity contribution in [1.82, 2.24) is 10.6 Å². The summed E-state index contributed by atoms with van der Waals surface area (Å²) in [6, 6.07) is 9.36. The second-order valence-corrected chi connectivity index (χ2v) is 6.17. The molecule has 0 bridgehead atoms. The Morgan fingerprint density at radius 2 is 2.07 bits per heavy atom. The zero-order chi connectivity index (χ0) is 19.7. The Balaban J connectivity index is 1.80. The molecular formula is C18H25F3N4O2. The maximum absolute atomic E-state index is 12.3. The normalized spacial score (nSPS) is 18.1. The first-order valence-corrected chi connectivity index (χ1v) is 8.94. The van der Waals surface area contributed by atoms with Gasteiger partial charge < -0.3 is 20.3 Å². The van der Waals surface area contributed by atoms with Crippen molar-refractivity contribution >= 4 is 17.6 Å². The van der Waals surface area contributed by atoms with Gasteiger partial charge in [-0.1, -0.05) is 18.2 Å². The van der Waals surface area contributed by atoms with Gasteiger partial charge in [-0.05, 0) is 25.5 Å². The van der Waals surface area contributed by atoms with Gasteiger partial charge in [0, 0.05) is 38.3 Å². The minimum atomic E-state index is -4.31.